The molecule has 0 saturated heterocycles. The summed E-state index contributed by atoms with van der Waals surface area (Å²) in [6.45, 7) is 1.95. The lowest BCUT2D eigenvalue weighted by atomic mass is 9.99. The second-order valence-electron chi connectivity index (χ2n) is 6.15. The third-order valence-electron chi connectivity index (χ3n) is 4.34. The number of anilines is 1. The Morgan fingerprint density at radius 3 is 2.44 bits per heavy atom. The van der Waals surface area contributed by atoms with Crippen molar-refractivity contribution in [3.63, 3.8) is 0 Å². The third kappa shape index (κ3) is 3.84. The van der Waals surface area contributed by atoms with Gasteiger partial charge in [-0.05, 0) is 42.3 Å². The first-order valence-electron chi connectivity index (χ1n) is 8.24. The van der Waals surface area contributed by atoms with E-state index in [2.05, 4.69) is 4.98 Å². The van der Waals surface area contributed by atoms with E-state index < -0.39 is 17.6 Å². The van der Waals surface area contributed by atoms with E-state index in [-0.39, 0.29) is 5.56 Å². The van der Waals surface area contributed by atoms with Gasteiger partial charge in [-0.2, -0.15) is 13.2 Å². The Kier molecular flexibility index (Phi) is 4.99. The van der Waals surface area contributed by atoms with Crippen LogP contribution in [0.15, 0.2) is 67.0 Å². The Balaban J connectivity index is 2.01. The van der Waals surface area contributed by atoms with E-state index in [0.717, 1.165) is 28.8 Å². The minimum Gasteiger partial charge on any atom is -0.309 e. The summed E-state index contributed by atoms with van der Waals surface area (Å²) in [5.74, 6) is -0.538. The van der Waals surface area contributed by atoms with Crippen molar-refractivity contribution >= 4 is 11.6 Å². The number of amides is 1. The third-order valence-corrected chi connectivity index (χ3v) is 4.34. The monoisotopic (exact) mass is 370 g/mol. The molecule has 3 nitrogen and oxygen atoms in total. The molecule has 0 aliphatic rings. The van der Waals surface area contributed by atoms with E-state index in [4.69, 9.17) is 0 Å². The molecule has 27 heavy (non-hydrogen) atoms. The molecular weight excluding hydrogens is 353 g/mol. The van der Waals surface area contributed by atoms with Crippen LogP contribution in [-0.4, -0.2) is 17.9 Å². The topological polar surface area (TPSA) is 33.2 Å². The summed E-state index contributed by atoms with van der Waals surface area (Å²) in [5, 5.41) is 0. The van der Waals surface area contributed by atoms with Gasteiger partial charge in [0.15, 0.2) is 0 Å². The van der Waals surface area contributed by atoms with Crippen molar-refractivity contribution in [1.82, 2.24) is 4.98 Å². The summed E-state index contributed by atoms with van der Waals surface area (Å²) in [6.07, 6.45) is -1.35. The number of carbonyl (C=O) groups is 1. The van der Waals surface area contributed by atoms with Gasteiger partial charge in [0, 0.05) is 24.4 Å². The molecule has 0 N–H and O–H groups in total. The number of aromatic nitrogens is 1. The van der Waals surface area contributed by atoms with Gasteiger partial charge in [0.1, 0.15) is 0 Å². The number of alkyl halides is 3. The van der Waals surface area contributed by atoms with E-state index in [9.17, 15) is 18.0 Å². The van der Waals surface area contributed by atoms with Crippen LogP contribution in [0, 0.1) is 6.92 Å². The first kappa shape index (κ1) is 18.6. The molecule has 0 fully saturated rings. The normalized spacial score (nSPS) is 11.3. The summed E-state index contributed by atoms with van der Waals surface area (Å²) in [6, 6.07) is 13.9. The number of hydrogen-bond acceptors (Lipinski definition) is 2. The van der Waals surface area contributed by atoms with E-state index in [1.165, 1.54) is 30.3 Å². The van der Waals surface area contributed by atoms with E-state index in [1.54, 1.807) is 12.3 Å². The highest BCUT2D eigenvalue weighted by molar-refractivity contribution is 6.07. The molecule has 0 unspecified atom stereocenters. The van der Waals surface area contributed by atoms with Crippen LogP contribution in [-0.2, 0) is 6.18 Å². The highest BCUT2D eigenvalue weighted by Crippen LogP contribution is 2.33. The van der Waals surface area contributed by atoms with Crippen molar-refractivity contribution in [3.8, 4) is 11.1 Å². The zero-order valence-electron chi connectivity index (χ0n) is 14.8. The van der Waals surface area contributed by atoms with Gasteiger partial charge in [0.25, 0.3) is 5.91 Å². The predicted molar refractivity (Wildman–Crippen MR) is 98.6 cm³/mol. The molecule has 0 atom stereocenters. The fourth-order valence-corrected chi connectivity index (χ4v) is 2.89. The van der Waals surface area contributed by atoms with Gasteiger partial charge in [-0.1, -0.05) is 30.3 Å². The molecule has 138 valence electrons. The maximum absolute atomic E-state index is 13.0. The fraction of sp³-hybridized carbons (Fsp3) is 0.143. The number of carbonyl (C=O) groups excluding carboxylic acids is 1. The van der Waals surface area contributed by atoms with Crippen molar-refractivity contribution in [2.24, 2.45) is 0 Å². The lowest BCUT2D eigenvalue weighted by molar-refractivity contribution is -0.137. The van der Waals surface area contributed by atoms with Crippen LogP contribution in [0.5, 0.6) is 0 Å². The van der Waals surface area contributed by atoms with Gasteiger partial charge in [0.05, 0.1) is 17.4 Å². The maximum atomic E-state index is 13.0. The van der Waals surface area contributed by atoms with E-state index in [1.807, 2.05) is 31.2 Å². The summed E-state index contributed by atoms with van der Waals surface area (Å²) >= 11 is 0. The standard InChI is InChI=1S/C21H17F3N2O/c1-14-6-3-4-9-17(14)18-10-11-25-13-19(18)26(2)20(27)15-7-5-8-16(12-15)21(22,23)24/h3-13H,1-2H3. The molecule has 0 aliphatic carbocycles. The van der Waals surface area contributed by atoms with E-state index in [0.29, 0.717) is 5.69 Å². The number of rotatable bonds is 3. The highest BCUT2D eigenvalue weighted by atomic mass is 19.4. The maximum Gasteiger partial charge on any atom is 0.416 e. The number of hydrogen-bond donors (Lipinski definition) is 0. The summed E-state index contributed by atoms with van der Waals surface area (Å²) in [4.78, 5) is 18.2. The SMILES string of the molecule is Cc1ccccc1-c1ccncc1N(C)C(=O)c1cccc(C(F)(F)F)c1. The summed E-state index contributed by atoms with van der Waals surface area (Å²) in [7, 11) is 1.53. The Hall–Kier alpha value is -3.15. The molecule has 0 spiro atoms. The average Bonchev–Trinajstić information content (AvgIpc) is 2.67. The molecule has 3 aromatic rings. The largest absolute Gasteiger partial charge is 0.416 e. The molecular formula is C21H17F3N2O. The van der Waals surface area contributed by atoms with Gasteiger partial charge >= 0.3 is 6.18 Å². The van der Waals surface area contributed by atoms with Gasteiger partial charge in [-0.3, -0.25) is 9.78 Å². The van der Waals surface area contributed by atoms with Gasteiger partial charge in [-0.15, -0.1) is 0 Å². The molecule has 0 saturated carbocycles. The van der Waals surface area contributed by atoms with Gasteiger partial charge in [0.2, 0.25) is 0 Å². The number of benzene rings is 2. The lowest BCUT2D eigenvalue weighted by Crippen LogP contribution is -2.27. The molecule has 2 aromatic carbocycles. The van der Waals surface area contributed by atoms with Crippen molar-refractivity contribution in [1.29, 1.82) is 0 Å². The molecule has 1 amide bonds. The lowest BCUT2D eigenvalue weighted by Gasteiger charge is -2.21. The van der Waals surface area contributed by atoms with E-state index >= 15 is 0 Å². The van der Waals surface area contributed by atoms with Crippen molar-refractivity contribution in [2.45, 2.75) is 13.1 Å². The predicted octanol–water partition coefficient (Wildman–Crippen LogP) is 5.35. The highest BCUT2D eigenvalue weighted by Gasteiger charge is 2.31. The fourth-order valence-electron chi connectivity index (χ4n) is 2.89. The number of aryl methyl sites for hydroxylation is 1. The van der Waals surface area contributed by atoms with Crippen LogP contribution in [0.25, 0.3) is 11.1 Å². The Morgan fingerprint density at radius 1 is 1.00 bits per heavy atom. The first-order valence-corrected chi connectivity index (χ1v) is 8.24. The van der Waals surface area contributed by atoms with Crippen LogP contribution in [0.1, 0.15) is 21.5 Å². The Bertz CT molecular complexity index is 983. The molecule has 1 aromatic heterocycles. The van der Waals surface area contributed by atoms with Crippen LogP contribution in [0.4, 0.5) is 18.9 Å². The van der Waals surface area contributed by atoms with Gasteiger partial charge in [-0.25, -0.2) is 0 Å². The molecule has 3 rings (SSSR count). The zero-order valence-corrected chi connectivity index (χ0v) is 14.8. The molecule has 0 bridgehead atoms. The van der Waals surface area contributed by atoms with Crippen LogP contribution >= 0.6 is 0 Å². The van der Waals surface area contributed by atoms with Gasteiger partial charge < -0.3 is 4.90 Å². The second kappa shape index (κ2) is 7.23. The smallest absolute Gasteiger partial charge is 0.309 e. The Labute approximate surface area is 155 Å². The molecule has 0 aliphatic heterocycles. The number of pyridine rings is 1. The number of halogens is 3. The summed E-state index contributed by atoms with van der Waals surface area (Å²) < 4.78 is 38.9. The van der Waals surface area contributed by atoms with Crippen LogP contribution < -0.4 is 4.90 Å². The van der Waals surface area contributed by atoms with Crippen LogP contribution in [0.3, 0.4) is 0 Å². The molecule has 0 radical (unpaired) electrons. The quantitative estimate of drug-likeness (QED) is 0.622. The second-order valence-corrected chi connectivity index (χ2v) is 6.15. The molecule has 6 heteroatoms. The van der Waals surface area contributed by atoms with Crippen molar-refractivity contribution < 1.29 is 18.0 Å². The average molecular weight is 370 g/mol. The zero-order chi connectivity index (χ0) is 19.6. The minimum atomic E-state index is -4.50. The van der Waals surface area contributed by atoms with Crippen molar-refractivity contribution in [3.05, 3.63) is 83.7 Å². The first-order chi connectivity index (χ1) is 12.8. The minimum absolute atomic E-state index is 0.0353. The summed E-state index contributed by atoms with van der Waals surface area (Å²) in [5.41, 5.74) is 2.36. The Morgan fingerprint density at radius 2 is 1.74 bits per heavy atom. The molecule has 1 heterocycles. The van der Waals surface area contributed by atoms with Crippen LogP contribution in [0.2, 0.25) is 0 Å². The number of nitrogens with zero attached hydrogens (tertiary/aromatic N) is 2. The van der Waals surface area contributed by atoms with Crippen molar-refractivity contribution in [2.75, 3.05) is 11.9 Å².